The van der Waals surface area contributed by atoms with Crippen molar-refractivity contribution in [2.45, 2.75) is 25.0 Å². The van der Waals surface area contributed by atoms with Crippen molar-refractivity contribution >= 4 is 12.4 Å². The molecule has 1 saturated heterocycles. The molecule has 2 rings (SSSR count). The molecule has 1 aliphatic heterocycles. The predicted molar refractivity (Wildman–Crippen MR) is 61.3 cm³/mol. The number of para-hydroxylation sites is 1. The van der Waals surface area contributed by atoms with Gasteiger partial charge in [0.2, 0.25) is 0 Å². The van der Waals surface area contributed by atoms with Crippen LogP contribution in [0.5, 0.6) is 5.75 Å². The Labute approximate surface area is 95.5 Å². The number of aliphatic hydroxyl groups excluding tert-OH is 1. The highest BCUT2D eigenvalue weighted by molar-refractivity contribution is 5.85. The zero-order valence-electron chi connectivity index (χ0n) is 8.39. The largest absolute Gasteiger partial charge is 0.508 e. The molecule has 1 heterocycles. The normalized spacial score (nSPS) is 25.7. The van der Waals surface area contributed by atoms with Crippen LogP contribution < -0.4 is 5.32 Å². The molecule has 0 amide bonds. The minimum Gasteiger partial charge on any atom is -0.508 e. The maximum Gasteiger partial charge on any atom is 0.120 e. The fourth-order valence-corrected chi connectivity index (χ4v) is 1.92. The van der Waals surface area contributed by atoms with Gasteiger partial charge in [-0.3, -0.25) is 0 Å². The Bertz CT molecular complexity index is 319. The lowest BCUT2D eigenvalue weighted by Gasteiger charge is -2.28. The van der Waals surface area contributed by atoms with Crippen molar-refractivity contribution in [3.8, 4) is 5.75 Å². The van der Waals surface area contributed by atoms with Gasteiger partial charge in [-0.15, -0.1) is 12.4 Å². The molecule has 3 N–H and O–H groups in total. The van der Waals surface area contributed by atoms with Crippen LogP contribution in [0.3, 0.4) is 0 Å². The fourth-order valence-electron chi connectivity index (χ4n) is 1.92. The number of benzene rings is 1. The first-order valence-electron chi connectivity index (χ1n) is 4.96. The lowest BCUT2D eigenvalue weighted by molar-refractivity contribution is 0.116. The van der Waals surface area contributed by atoms with Crippen molar-refractivity contribution in [3.05, 3.63) is 29.8 Å². The number of phenols is 1. The van der Waals surface area contributed by atoms with Crippen LogP contribution in [-0.4, -0.2) is 22.9 Å². The van der Waals surface area contributed by atoms with E-state index in [0.29, 0.717) is 12.2 Å². The third-order valence-electron chi connectivity index (χ3n) is 2.69. The van der Waals surface area contributed by atoms with Gasteiger partial charge in [0.05, 0.1) is 6.10 Å². The number of hydrogen-bond donors (Lipinski definition) is 3. The Balaban J connectivity index is 0.00000112. The molecule has 0 aromatic heterocycles. The summed E-state index contributed by atoms with van der Waals surface area (Å²) in [6, 6.07) is 7.36. The zero-order chi connectivity index (χ0) is 9.97. The van der Waals surface area contributed by atoms with Gasteiger partial charge in [0, 0.05) is 11.6 Å². The quantitative estimate of drug-likeness (QED) is 0.686. The second-order valence-electron chi connectivity index (χ2n) is 3.74. The van der Waals surface area contributed by atoms with Gasteiger partial charge in [0.25, 0.3) is 0 Å². The molecule has 2 unspecified atom stereocenters. The first-order chi connectivity index (χ1) is 6.77. The standard InChI is InChI=1S/C11H15NO2.ClH/c13-8-5-6-12-10(7-8)9-3-1-2-4-11(9)14;/h1-4,8,10,12-14H,5-7H2;1H. The van der Waals surface area contributed by atoms with E-state index in [1.807, 2.05) is 12.1 Å². The summed E-state index contributed by atoms with van der Waals surface area (Å²) in [4.78, 5) is 0. The van der Waals surface area contributed by atoms with Crippen molar-refractivity contribution in [2.24, 2.45) is 0 Å². The van der Waals surface area contributed by atoms with Crippen LogP contribution in [0.25, 0.3) is 0 Å². The van der Waals surface area contributed by atoms with Gasteiger partial charge in [-0.2, -0.15) is 0 Å². The van der Waals surface area contributed by atoms with E-state index >= 15 is 0 Å². The molecule has 1 fully saturated rings. The molecule has 1 aliphatic rings. The second kappa shape index (κ2) is 5.35. The van der Waals surface area contributed by atoms with Crippen LogP contribution in [0.2, 0.25) is 0 Å². The Hall–Kier alpha value is -0.770. The summed E-state index contributed by atoms with van der Waals surface area (Å²) in [6.07, 6.45) is 1.22. The highest BCUT2D eigenvalue weighted by Crippen LogP contribution is 2.29. The van der Waals surface area contributed by atoms with E-state index in [1.54, 1.807) is 12.1 Å². The van der Waals surface area contributed by atoms with E-state index in [-0.39, 0.29) is 24.6 Å². The molecule has 0 aliphatic carbocycles. The summed E-state index contributed by atoms with van der Waals surface area (Å²) in [5.74, 6) is 0.305. The number of halogens is 1. The Kier molecular flexibility index (Phi) is 4.39. The fraction of sp³-hybridized carbons (Fsp3) is 0.455. The highest BCUT2D eigenvalue weighted by Gasteiger charge is 2.22. The number of nitrogens with one attached hydrogen (secondary N) is 1. The number of hydrogen-bond acceptors (Lipinski definition) is 3. The molecule has 0 spiro atoms. The van der Waals surface area contributed by atoms with E-state index in [9.17, 15) is 10.2 Å². The molecule has 3 nitrogen and oxygen atoms in total. The summed E-state index contributed by atoms with van der Waals surface area (Å²) in [6.45, 7) is 0.806. The average Bonchev–Trinajstić information content (AvgIpc) is 2.18. The minimum absolute atomic E-state index is 0. The number of rotatable bonds is 1. The van der Waals surface area contributed by atoms with E-state index in [4.69, 9.17) is 0 Å². The van der Waals surface area contributed by atoms with Gasteiger partial charge in [-0.25, -0.2) is 0 Å². The number of aromatic hydroxyl groups is 1. The Morgan fingerprint density at radius 2 is 2.00 bits per heavy atom. The number of phenolic OH excluding ortho intramolecular Hbond substituents is 1. The van der Waals surface area contributed by atoms with Crippen LogP contribution >= 0.6 is 12.4 Å². The van der Waals surface area contributed by atoms with Crippen molar-refractivity contribution in [3.63, 3.8) is 0 Å². The van der Waals surface area contributed by atoms with Crippen LogP contribution in [-0.2, 0) is 0 Å². The molecular formula is C11H16ClNO2. The van der Waals surface area contributed by atoms with Gasteiger partial charge >= 0.3 is 0 Å². The van der Waals surface area contributed by atoms with Crippen molar-refractivity contribution < 1.29 is 10.2 Å². The van der Waals surface area contributed by atoms with Crippen molar-refractivity contribution in [2.75, 3.05) is 6.54 Å². The Morgan fingerprint density at radius 1 is 1.27 bits per heavy atom. The van der Waals surface area contributed by atoms with Crippen LogP contribution in [0, 0.1) is 0 Å². The lowest BCUT2D eigenvalue weighted by Crippen LogP contribution is -2.34. The van der Waals surface area contributed by atoms with Crippen molar-refractivity contribution in [1.82, 2.24) is 5.32 Å². The van der Waals surface area contributed by atoms with E-state index in [0.717, 1.165) is 18.5 Å². The molecule has 15 heavy (non-hydrogen) atoms. The number of piperidine rings is 1. The summed E-state index contributed by atoms with van der Waals surface area (Å²) >= 11 is 0. The smallest absolute Gasteiger partial charge is 0.120 e. The topological polar surface area (TPSA) is 52.5 Å². The third kappa shape index (κ3) is 2.84. The first kappa shape index (κ1) is 12.3. The van der Waals surface area contributed by atoms with E-state index in [2.05, 4.69) is 5.32 Å². The van der Waals surface area contributed by atoms with Gasteiger partial charge < -0.3 is 15.5 Å². The third-order valence-corrected chi connectivity index (χ3v) is 2.69. The molecule has 1 aromatic rings. The van der Waals surface area contributed by atoms with Crippen LogP contribution in [0.15, 0.2) is 24.3 Å². The zero-order valence-corrected chi connectivity index (χ0v) is 9.20. The summed E-state index contributed by atoms with van der Waals surface area (Å²) in [7, 11) is 0. The van der Waals surface area contributed by atoms with Gasteiger partial charge in [0.1, 0.15) is 5.75 Å². The second-order valence-corrected chi connectivity index (χ2v) is 3.74. The highest BCUT2D eigenvalue weighted by atomic mass is 35.5. The molecule has 2 atom stereocenters. The SMILES string of the molecule is Cl.Oc1ccccc1C1CC(O)CCN1. The van der Waals surface area contributed by atoms with Crippen LogP contribution in [0.1, 0.15) is 24.4 Å². The minimum atomic E-state index is -0.249. The van der Waals surface area contributed by atoms with Gasteiger partial charge in [-0.05, 0) is 25.5 Å². The molecule has 4 heteroatoms. The molecule has 0 bridgehead atoms. The average molecular weight is 230 g/mol. The molecule has 0 radical (unpaired) electrons. The molecule has 0 saturated carbocycles. The summed E-state index contributed by atoms with van der Waals surface area (Å²) < 4.78 is 0. The maximum atomic E-state index is 9.63. The molecule has 1 aromatic carbocycles. The summed E-state index contributed by atoms with van der Waals surface area (Å²) in [5, 5.41) is 22.4. The monoisotopic (exact) mass is 229 g/mol. The lowest BCUT2D eigenvalue weighted by atomic mass is 9.95. The van der Waals surface area contributed by atoms with Gasteiger partial charge in [-0.1, -0.05) is 18.2 Å². The number of aliphatic hydroxyl groups is 1. The van der Waals surface area contributed by atoms with Crippen molar-refractivity contribution in [1.29, 1.82) is 0 Å². The van der Waals surface area contributed by atoms with Crippen LogP contribution in [0.4, 0.5) is 0 Å². The Morgan fingerprint density at radius 3 is 2.67 bits per heavy atom. The maximum absolute atomic E-state index is 9.63. The predicted octanol–water partition coefficient (Wildman–Crippen LogP) is 1.60. The molecular weight excluding hydrogens is 214 g/mol. The van der Waals surface area contributed by atoms with Gasteiger partial charge in [0.15, 0.2) is 0 Å². The van der Waals surface area contributed by atoms with E-state index in [1.165, 1.54) is 0 Å². The molecule has 84 valence electrons. The van der Waals surface area contributed by atoms with E-state index < -0.39 is 0 Å². The first-order valence-corrected chi connectivity index (χ1v) is 4.96. The summed E-state index contributed by atoms with van der Waals surface area (Å²) in [5.41, 5.74) is 0.881.